The lowest BCUT2D eigenvalue weighted by atomic mass is 10.0. The number of rotatable bonds is 7. The maximum atomic E-state index is 11.9. The minimum Gasteiger partial charge on any atom is -0.497 e. The first-order chi connectivity index (χ1) is 9.31. The van der Waals surface area contributed by atoms with Crippen LogP contribution >= 0.6 is 15.9 Å². The molecule has 0 saturated carbocycles. The predicted octanol–water partition coefficient (Wildman–Crippen LogP) is 3.30. The zero-order valence-electron chi connectivity index (χ0n) is 11.0. The Morgan fingerprint density at radius 2 is 2.05 bits per heavy atom. The van der Waals surface area contributed by atoms with Crippen LogP contribution in [0.1, 0.15) is 12.0 Å². The van der Waals surface area contributed by atoms with Gasteiger partial charge in [0.05, 0.1) is 7.11 Å². The average Bonchev–Trinajstić information content (AvgIpc) is 2.36. The molecule has 0 aliphatic carbocycles. The van der Waals surface area contributed by atoms with Crippen LogP contribution in [0.5, 0.6) is 5.75 Å². The van der Waals surface area contributed by atoms with Gasteiger partial charge >= 0.3 is 6.18 Å². The quantitative estimate of drug-likeness (QED) is 0.763. The molecule has 0 radical (unpaired) electrons. The molecular formula is C13H17BrF3NO2. The standard InChI is InChI=1S/C13H17BrF3NO2/c1-19-11-2-3-12(14)9(7-11)6-10(18)4-5-20-8-13(15,16)17/h2-3,7,10H,4-6,8,18H2,1H3. The first-order valence-electron chi connectivity index (χ1n) is 6.04. The summed E-state index contributed by atoms with van der Waals surface area (Å²) in [7, 11) is 1.57. The van der Waals surface area contributed by atoms with Crippen LogP contribution in [-0.4, -0.2) is 32.5 Å². The number of ether oxygens (including phenoxy) is 2. The Balaban J connectivity index is 2.40. The van der Waals surface area contributed by atoms with Crippen molar-refractivity contribution in [2.24, 2.45) is 5.73 Å². The molecular weight excluding hydrogens is 339 g/mol. The third-order valence-electron chi connectivity index (χ3n) is 2.63. The Labute approximate surface area is 124 Å². The van der Waals surface area contributed by atoms with E-state index in [2.05, 4.69) is 20.7 Å². The lowest BCUT2D eigenvalue weighted by Gasteiger charge is -2.14. The van der Waals surface area contributed by atoms with E-state index in [1.165, 1.54) is 0 Å². The molecule has 7 heteroatoms. The molecule has 1 unspecified atom stereocenters. The normalized spacial score (nSPS) is 13.3. The number of methoxy groups -OCH3 is 1. The molecule has 0 heterocycles. The molecule has 0 saturated heterocycles. The number of alkyl halides is 3. The van der Waals surface area contributed by atoms with Crippen LogP contribution in [0.4, 0.5) is 13.2 Å². The predicted molar refractivity (Wildman–Crippen MR) is 73.9 cm³/mol. The Morgan fingerprint density at radius 1 is 1.35 bits per heavy atom. The summed E-state index contributed by atoms with van der Waals surface area (Å²) in [6.45, 7) is -1.25. The van der Waals surface area contributed by atoms with E-state index in [-0.39, 0.29) is 12.6 Å². The van der Waals surface area contributed by atoms with Gasteiger partial charge in [-0.05, 0) is 36.6 Å². The topological polar surface area (TPSA) is 44.5 Å². The number of nitrogens with two attached hydrogens (primary N) is 1. The summed E-state index contributed by atoms with van der Waals surface area (Å²) in [6.07, 6.45) is -3.40. The van der Waals surface area contributed by atoms with Crippen LogP contribution < -0.4 is 10.5 Å². The number of halogens is 4. The highest BCUT2D eigenvalue weighted by atomic mass is 79.9. The molecule has 1 aromatic carbocycles. The van der Waals surface area contributed by atoms with Gasteiger partial charge in [-0.15, -0.1) is 0 Å². The average molecular weight is 356 g/mol. The number of hydrogen-bond acceptors (Lipinski definition) is 3. The summed E-state index contributed by atoms with van der Waals surface area (Å²) in [4.78, 5) is 0. The SMILES string of the molecule is COc1ccc(Br)c(CC(N)CCOCC(F)(F)F)c1. The Kier molecular flexibility index (Phi) is 6.78. The monoisotopic (exact) mass is 355 g/mol. The first-order valence-corrected chi connectivity index (χ1v) is 6.83. The molecule has 114 valence electrons. The fourth-order valence-corrected chi connectivity index (χ4v) is 2.05. The molecule has 0 amide bonds. The molecule has 0 aliphatic heterocycles. The minimum absolute atomic E-state index is 0.0116. The van der Waals surface area contributed by atoms with E-state index in [0.29, 0.717) is 18.6 Å². The molecule has 0 aromatic heterocycles. The fourth-order valence-electron chi connectivity index (χ4n) is 1.64. The number of hydrogen-bond donors (Lipinski definition) is 1. The maximum absolute atomic E-state index is 11.9. The Morgan fingerprint density at radius 3 is 2.65 bits per heavy atom. The molecule has 1 aromatic rings. The maximum Gasteiger partial charge on any atom is 0.411 e. The van der Waals surface area contributed by atoms with Gasteiger partial charge in [0, 0.05) is 17.1 Å². The largest absolute Gasteiger partial charge is 0.497 e. The lowest BCUT2D eigenvalue weighted by molar-refractivity contribution is -0.174. The van der Waals surface area contributed by atoms with E-state index >= 15 is 0 Å². The second-order valence-electron chi connectivity index (χ2n) is 4.38. The summed E-state index contributed by atoms with van der Waals surface area (Å²) in [5, 5.41) is 0. The Hall–Kier alpha value is -0.790. The van der Waals surface area contributed by atoms with Crippen molar-refractivity contribution in [1.82, 2.24) is 0 Å². The highest BCUT2D eigenvalue weighted by molar-refractivity contribution is 9.10. The number of benzene rings is 1. The van der Waals surface area contributed by atoms with Crippen LogP contribution in [0.3, 0.4) is 0 Å². The fraction of sp³-hybridized carbons (Fsp3) is 0.538. The zero-order valence-corrected chi connectivity index (χ0v) is 12.6. The van der Waals surface area contributed by atoms with Crippen molar-refractivity contribution in [3.8, 4) is 5.75 Å². The molecule has 2 N–H and O–H groups in total. The summed E-state index contributed by atoms with van der Waals surface area (Å²) < 4.78 is 46.2. The van der Waals surface area contributed by atoms with Crippen LogP contribution in [0, 0.1) is 0 Å². The van der Waals surface area contributed by atoms with Gasteiger partial charge in [-0.2, -0.15) is 13.2 Å². The van der Waals surface area contributed by atoms with Crippen molar-refractivity contribution in [2.45, 2.75) is 25.1 Å². The smallest absolute Gasteiger partial charge is 0.411 e. The first kappa shape index (κ1) is 17.3. The van der Waals surface area contributed by atoms with Crippen molar-refractivity contribution < 1.29 is 22.6 Å². The van der Waals surface area contributed by atoms with E-state index in [9.17, 15) is 13.2 Å². The third kappa shape index (κ3) is 6.58. The van der Waals surface area contributed by atoms with Gasteiger partial charge in [0.15, 0.2) is 0 Å². The van der Waals surface area contributed by atoms with Gasteiger partial charge in [0.1, 0.15) is 12.4 Å². The van der Waals surface area contributed by atoms with Crippen molar-refractivity contribution in [3.63, 3.8) is 0 Å². The van der Waals surface area contributed by atoms with Gasteiger partial charge in [-0.1, -0.05) is 15.9 Å². The van der Waals surface area contributed by atoms with E-state index < -0.39 is 12.8 Å². The second kappa shape index (κ2) is 7.85. The molecule has 1 atom stereocenters. The molecule has 3 nitrogen and oxygen atoms in total. The minimum atomic E-state index is -4.29. The van der Waals surface area contributed by atoms with Crippen LogP contribution in [0.15, 0.2) is 22.7 Å². The third-order valence-corrected chi connectivity index (χ3v) is 3.41. The molecule has 0 aliphatic rings. The highest BCUT2D eigenvalue weighted by Gasteiger charge is 2.27. The van der Waals surface area contributed by atoms with E-state index in [1.54, 1.807) is 7.11 Å². The van der Waals surface area contributed by atoms with E-state index in [0.717, 1.165) is 10.0 Å². The van der Waals surface area contributed by atoms with Gasteiger partial charge < -0.3 is 15.2 Å². The Bertz CT molecular complexity index is 427. The van der Waals surface area contributed by atoms with Crippen molar-refractivity contribution in [1.29, 1.82) is 0 Å². The van der Waals surface area contributed by atoms with E-state index in [4.69, 9.17) is 10.5 Å². The molecule has 0 fully saturated rings. The van der Waals surface area contributed by atoms with Crippen molar-refractivity contribution >= 4 is 15.9 Å². The molecule has 1 rings (SSSR count). The summed E-state index contributed by atoms with van der Waals surface area (Å²) in [5.74, 6) is 0.712. The highest BCUT2D eigenvalue weighted by Crippen LogP contribution is 2.24. The summed E-state index contributed by atoms with van der Waals surface area (Å²) >= 11 is 3.40. The molecule has 20 heavy (non-hydrogen) atoms. The van der Waals surface area contributed by atoms with Gasteiger partial charge in [-0.25, -0.2) is 0 Å². The van der Waals surface area contributed by atoms with Crippen LogP contribution in [0.25, 0.3) is 0 Å². The zero-order chi connectivity index (χ0) is 15.2. The summed E-state index contributed by atoms with van der Waals surface area (Å²) in [5.41, 5.74) is 6.84. The van der Waals surface area contributed by atoms with Crippen LogP contribution in [-0.2, 0) is 11.2 Å². The lowest BCUT2D eigenvalue weighted by Crippen LogP contribution is -2.26. The van der Waals surface area contributed by atoms with Gasteiger partial charge in [-0.3, -0.25) is 0 Å². The second-order valence-corrected chi connectivity index (χ2v) is 5.23. The van der Waals surface area contributed by atoms with Gasteiger partial charge in [0.25, 0.3) is 0 Å². The van der Waals surface area contributed by atoms with Crippen LogP contribution in [0.2, 0.25) is 0 Å². The molecule has 0 bridgehead atoms. The van der Waals surface area contributed by atoms with Crippen molar-refractivity contribution in [2.75, 3.05) is 20.3 Å². The molecule has 0 spiro atoms. The van der Waals surface area contributed by atoms with Crippen molar-refractivity contribution in [3.05, 3.63) is 28.2 Å². The van der Waals surface area contributed by atoms with Gasteiger partial charge in [0.2, 0.25) is 0 Å². The summed E-state index contributed by atoms with van der Waals surface area (Å²) in [6, 6.07) is 5.24. The van der Waals surface area contributed by atoms with E-state index in [1.807, 2.05) is 18.2 Å².